The summed E-state index contributed by atoms with van der Waals surface area (Å²) in [4.78, 5) is 24.1. The minimum absolute atomic E-state index is 0.0268. The first kappa shape index (κ1) is 19.4. The van der Waals surface area contributed by atoms with Crippen molar-refractivity contribution in [1.82, 2.24) is 30.0 Å². The number of rotatable bonds is 6. The molecular formula is C22H22FN7O. The van der Waals surface area contributed by atoms with Crippen molar-refractivity contribution in [3.05, 3.63) is 54.0 Å². The van der Waals surface area contributed by atoms with E-state index in [1.807, 2.05) is 13.1 Å². The van der Waals surface area contributed by atoms with Gasteiger partial charge < -0.3 is 15.6 Å². The van der Waals surface area contributed by atoms with E-state index < -0.39 is 5.82 Å². The molecule has 5 rings (SSSR count). The van der Waals surface area contributed by atoms with Gasteiger partial charge in [-0.3, -0.25) is 4.79 Å². The number of H-pyrrole nitrogens is 1. The van der Waals surface area contributed by atoms with E-state index in [-0.39, 0.29) is 11.8 Å². The number of carbonyl (C=O) groups is 1. The van der Waals surface area contributed by atoms with Gasteiger partial charge in [-0.15, -0.1) is 0 Å². The average Bonchev–Trinajstić information content (AvgIpc) is 3.37. The highest BCUT2D eigenvalue weighted by molar-refractivity contribution is 6.02. The molecule has 9 heteroatoms. The van der Waals surface area contributed by atoms with Crippen LogP contribution in [-0.2, 0) is 11.3 Å². The lowest BCUT2D eigenvalue weighted by Gasteiger charge is -2.08. The number of aromatic amines is 1. The molecular weight excluding hydrogens is 397 g/mol. The Hall–Kier alpha value is -3.59. The molecule has 4 aromatic rings. The number of amides is 1. The zero-order chi connectivity index (χ0) is 21.5. The SMILES string of the molecule is CNCc1cnc(NC(=O)C2CC2)c2[nH]c(-c3cccc(-n4cnc(C)n4)c3F)cc12. The quantitative estimate of drug-likeness (QED) is 0.445. The second-order valence-electron chi connectivity index (χ2n) is 7.77. The minimum atomic E-state index is -0.411. The first-order valence-corrected chi connectivity index (χ1v) is 10.2. The van der Waals surface area contributed by atoms with Gasteiger partial charge in [-0.2, -0.15) is 5.10 Å². The van der Waals surface area contributed by atoms with Crippen LogP contribution in [0.4, 0.5) is 10.2 Å². The highest BCUT2D eigenvalue weighted by Crippen LogP contribution is 2.34. The maximum atomic E-state index is 15.4. The van der Waals surface area contributed by atoms with E-state index in [2.05, 4.69) is 30.7 Å². The van der Waals surface area contributed by atoms with Gasteiger partial charge in [0.1, 0.15) is 17.8 Å². The molecule has 0 radical (unpaired) electrons. The highest BCUT2D eigenvalue weighted by atomic mass is 19.1. The summed E-state index contributed by atoms with van der Waals surface area (Å²) in [5, 5.41) is 11.1. The van der Waals surface area contributed by atoms with E-state index in [4.69, 9.17) is 0 Å². The van der Waals surface area contributed by atoms with Crippen molar-refractivity contribution in [1.29, 1.82) is 0 Å². The molecule has 1 amide bonds. The fourth-order valence-corrected chi connectivity index (χ4v) is 3.67. The number of pyridine rings is 1. The van der Waals surface area contributed by atoms with Crippen LogP contribution in [0.1, 0.15) is 24.2 Å². The summed E-state index contributed by atoms with van der Waals surface area (Å²) >= 11 is 0. The van der Waals surface area contributed by atoms with E-state index >= 15 is 4.39 Å². The number of hydrogen-bond acceptors (Lipinski definition) is 5. The lowest BCUT2D eigenvalue weighted by Crippen LogP contribution is -2.15. The third kappa shape index (κ3) is 3.57. The number of nitrogens with zero attached hydrogens (tertiary/aromatic N) is 4. The molecule has 0 atom stereocenters. The fraction of sp³-hybridized carbons (Fsp3) is 0.273. The Morgan fingerprint density at radius 2 is 2.16 bits per heavy atom. The van der Waals surface area contributed by atoms with Crippen LogP contribution in [0.15, 0.2) is 36.8 Å². The van der Waals surface area contributed by atoms with Gasteiger partial charge in [0.05, 0.1) is 5.52 Å². The van der Waals surface area contributed by atoms with Gasteiger partial charge >= 0.3 is 0 Å². The maximum Gasteiger partial charge on any atom is 0.228 e. The van der Waals surface area contributed by atoms with Crippen molar-refractivity contribution in [3.8, 4) is 16.9 Å². The molecule has 1 aliphatic carbocycles. The summed E-state index contributed by atoms with van der Waals surface area (Å²) in [7, 11) is 1.85. The molecule has 1 aliphatic rings. The smallest absolute Gasteiger partial charge is 0.228 e. The second kappa shape index (κ2) is 7.59. The molecule has 8 nitrogen and oxygen atoms in total. The number of nitrogens with one attached hydrogen (secondary N) is 3. The largest absolute Gasteiger partial charge is 0.351 e. The summed E-state index contributed by atoms with van der Waals surface area (Å²) in [6.45, 7) is 2.35. The summed E-state index contributed by atoms with van der Waals surface area (Å²) in [6, 6.07) is 7.04. The summed E-state index contributed by atoms with van der Waals surface area (Å²) < 4.78 is 16.9. The van der Waals surface area contributed by atoms with Crippen LogP contribution in [0.5, 0.6) is 0 Å². The third-order valence-corrected chi connectivity index (χ3v) is 5.43. The minimum Gasteiger partial charge on any atom is -0.351 e. The first-order valence-electron chi connectivity index (χ1n) is 10.2. The summed E-state index contributed by atoms with van der Waals surface area (Å²) in [5.41, 5.74) is 2.94. The Morgan fingerprint density at radius 1 is 1.32 bits per heavy atom. The molecule has 3 aromatic heterocycles. The molecule has 0 bridgehead atoms. The number of anilines is 1. The summed E-state index contributed by atoms with van der Waals surface area (Å²) in [6.07, 6.45) is 5.04. The number of aromatic nitrogens is 5. The maximum absolute atomic E-state index is 15.4. The van der Waals surface area contributed by atoms with Crippen LogP contribution in [0, 0.1) is 18.7 Å². The van der Waals surface area contributed by atoms with Crippen molar-refractivity contribution in [2.45, 2.75) is 26.3 Å². The third-order valence-electron chi connectivity index (χ3n) is 5.43. The molecule has 1 fully saturated rings. The van der Waals surface area contributed by atoms with Gasteiger partial charge in [0.15, 0.2) is 11.6 Å². The Bertz CT molecular complexity index is 1290. The van der Waals surface area contributed by atoms with E-state index in [9.17, 15) is 4.79 Å². The highest BCUT2D eigenvalue weighted by Gasteiger charge is 2.30. The molecule has 0 aliphatic heterocycles. The number of fused-ring (bicyclic) bond motifs is 1. The van der Waals surface area contributed by atoms with Crippen molar-refractivity contribution in [2.24, 2.45) is 5.92 Å². The van der Waals surface area contributed by atoms with Gasteiger partial charge in [-0.05, 0) is 50.6 Å². The Balaban J connectivity index is 1.62. The van der Waals surface area contributed by atoms with Crippen LogP contribution in [0.3, 0.4) is 0 Å². The van der Waals surface area contributed by atoms with Crippen LogP contribution in [0.25, 0.3) is 27.8 Å². The molecule has 1 saturated carbocycles. The van der Waals surface area contributed by atoms with Crippen molar-refractivity contribution in [2.75, 3.05) is 12.4 Å². The van der Waals surface area contributed by atoms with Crippen LogP contribution in [-0.4, -0.2) is 37.7 Å². The fourth-order valence-electron chi connectivity index (χ4n) is 3.67. The van der Waals surface area contributed by atoms with Crippen LogP contribution in [0.2, 0.25) is 0 Å². The number of hydrogen-bond donors (Lipinski definition) is 3. The topological polar surface area (TPSA) is 101 Å². The van der Waals surface area contributed by atoms with Crippen molar-refractivity contribution in [3.63, 3.8) is 0 Å². The zero-order valence-electron chi connectivity index (χ0n) is 17.2. The molecule has 1 aromatic carbocycles. The van der Waals surface area contributed by atoms with Gasteiger partial charge in [0.25, 0.3) is 0 Å². The molecule has 3 N–H and O–H groups in total. The monoisotopic (exact) mass is 419 g/mol. The second-order valence-corrected chi connectivity index (χ2v) is 7.77. The van der Waals surface area contributed by atoms with Gasteiger partial charge in [-0.1, -0.05) is 6.07 Å². The average molecular weight is 419 g/mol. The first-order chi connectivity index (χ1) is 15.0. The molecule has 0 unspecified atom stereocenters. The van der Waals surface area contributed by atoms with E-state index in [0.717, 1.165) is 23.8 Å². The number of carbonyl (C=O) groups excluding carboxylic acids is 1. The lowest BCUT2D eigenvalue weighted by atomic mass is 10.1. The van der Waals surface area contributed by atoms with Gasteiger partial charge in [0, 0.05) is 35.3 Å². The predicted octanol–water partition coefficient (Wildman–Crippen LogP) is 3.33. The normalized spacial score (nSPS) is 13.6. The van der Waals surface area contributed by atoms with E-state index in [0.29, 0.717) is 40.6 Å². The molecule has 3 heterocycles. The van der Waals surface area contributed by atoms with Crippen molar-refractivity contribution < 1.29 is 9.18 Å². The Kier molecular flexibility index (Phi) is 4.74. The van der Waals surface area contributed by atoms with E-state index in [1.54, 1.807) is 31.3 Å². The zero-order valence-corrected chi connectivity index (χ0v) is 17.2. The molecule has 0 spiro atoms. The Morgan fingerprint density at radius 3 is 2.87 bits per heavy atom. The molecule has 158 valence electrons. The standard InChI is InChI=1S/C22H22FN7O/c1-12-26-11-30(29-12)18-5-3-4-15(19(18)23)17-8-16-14(9-24-2)10-25-21(20(16)27-17)28-22(31)13-6-7-13/h3-5,8,10-11,13,24,27H,6-7,9H2,1-2H3,(H,25,28,31). The predicted molar refractivity (Wildman–Crippen MR) is 115 cm³/mol. The number of benzene rings is 1. The van der Waals surface area contributed by atoms with Crippen molar-refractivity contribution >= 4 is 22.6 Å². The summed E-state index contributed by atoms with van der Waals surface area (Å²) in [5.74, 6) is 0.644. The number of halogens is 1. The Labute approximate surface area is 177 Å². The number of aryl methyl sites for hydroxylation is 1. The van der Waals surface area contributed by atoms with Gasteiger partial charge in [0.2, 0.25) is 5.91 Å². The molecule has 0 saturated heterocycles. The lowest BCUT2D eigenvalue weighted by molar-refractivity contribution is -0.117. The van der Waals surface area contributed by atoms with Gasteiger partial charge in [-0.25, -0.2) is 19.0 Å². The van der Waals surface area contributed by atoms with Crippen LogP contribution >= 0.6 is 0 Å². The van der Waals surface area contributed by atoms with E-state index in [1.165, 1.54) is 11.0 Å². The molecule has 31 heavy (non-hydrogen) atoms. The van der Waals surface area contributed by atoms with Crippen LogP contribution < -0.4 is 10.6 Å².